The molecule has 6 rings (SSSR count). The number of carbonyl (C=O) groups excluding carboxylic acids is 2. The van der Waals surface area contributed by atoms with E-state index in [4.69, 9.17) is 18.9 Å². The summed E-state index contributed by atoms with van der Waals surface area (Å²) < 4.78 is 25.0. The Hall–Kier alpha value is -2.64. The van der Waals surface area contributed by atoms with Crippen molar-refractivity contribution < 1.29 is 33.6 Å². The van der Waals surface area contributed by atoms with Gasteiger partial charge in [0.15, 0.2) is 5.78 Å². The van der Waals surface area contributed by atoms with Crippen LogP contribution in [0.2, 0.25) is 0 Å². The van der Waals surface area contributed by atoms with Crippen molar-refractivity contribution in [3.05, 3.63) is 47.2 Å². The molecule has 2 aliphatic heterocycles. The molecule has 5 atom stereocenters. The Morgan fingerprint density at radius 1 is 1.25 bits per heavy atom. The summed E-state index contributed by atoms with van der Waals surface area (Å²) in [5, 5.41) is 10.3. The van der Waals surface area contributed by atoms with Gasteiger partial charge in [-0.2, -0.15) is 0 Å². The molecule has 1 N–H and O–H groups in total. The van der Waals surface area contributed by atoms with Gasteiger partial charge in [0.25, 0.3) is 5.79 Å². The third-order valence-electron chi connectivity index (χ3n) is 6.53. The minimum absolute atomic E-state index is 0.0482. The Morgan fingerprint density at radius 2 is 2.11 bits per heavy atom. The monoisotopic (exact) mass is 382 g/mol. The highest BCUT2D eigenvalue weighted by Crippen LogP contribution is 2.63. The molecule has 0 radical (unpaired) electrons. The van der Waals surface area contributed by atoms with Crippen molar-refractivity contribution >= 4 is 11.6 Å². The van der Waals surface area contributed by atoms with Crippen LogP contribution < -0.4 is 4.74 Å². The fourth-order valence-electron chi connectivity index (χ4n) is 5.38. The Kier molecular flexibility index (Phi) is 2.94. The largest absolute Gasteiger partial charge is 0.507 e. The van der Waals surface area contributed by atoms with Crippen LogP contribution in [-0.4, -0.2) is 35.7 Å². The molecule has 0 aromatic heterocycles. The molecule has 2 unspecified atom stereocenters. The molecule has 5 aliphatic rings. The highest BCUT2D eigenvalue weighted by atomic mass is 16.8. The molecule has 2 bridgehead atoms. The highest BCUT2D eigenvalue weighted by Gasteiger charge is 2.71. The average Bonchev–Trinajstić information content (AvgIpc) is 2.69. The number of phenols is 1. The summed E-state index contributed by atoms with van der Waals surface area (Å²) >= 11 is 0. The van der Waals surface area contributed by atoms with Crippen molar-refractivity contribution in [2.75, 3.05) is 7.11 Å². The summed E-state index contributed by atoms with van der Waals surface area (Å²) in [6, 6.07) is 3.08. The predicted molar refractivity (Wildman–Crippen MR) is 93.5 cm³/mol. The third-order valence-corrected chi connectivity index (χ3v) is 6.53. The van der Waals surface area contributed by atoms with E-state index in [1.807, 2.05) is 18.2 Å². The van der Waals surface area contributed by atoms with E-state index >= 15 is 0 Å². The van der Waals surface area contributed by atoms with Crippen LogP contribution in [0.25, 0.3) is 0 Å². The number of ether oxygens (including phenoxy) is 4. The van der Waals surface area contributed by atoms with E-state index in [0.29, 0.717) is 23.5 Å². The summed E-state index contributed by atoms with van der Waals surface area (Å²) in [6.07, 6.45) is 5.48. The van der Waals surface area contributed by atoms with Gasteiger partial charge in [-0.15, -0.1) is 0 Å². The maximum atomic E-state index is 12.7. The van der Waals surface area contributed by atoms with Crippen LogP contribution in [0, 0.1) is 11.8 Å². The minimum atomic E-state index is -1.26. The number of ketones is 2. The van der Waals surface area contributed by atoms with Crippen LogP contribution in [-0.2, 0) is 24.8 Å². The number of phenolic OH excluding ortho intramolecular Hbond substituents is 1. The summed E-state index contributed by atoms with van der Waals surface area (Å²) in [6.45, 7) is 0. The van der Waals surface area contributed by atoms with Gasteiger partial charge in [-0.1, -0.05) is 12.2 Å². The van der Waals surface area contributed by atoms with Gasteiger partial charge in [-0.3, -0.25) is 14.3 Å². The second-order valence-corrected chi connectivity index (χ2v) is 7.89. The van der Waals surface area contributed by atoms with E-state index in [-0.39, 0.29) is 35.7 Å². The molecule has 2 heterocycles. The zero-order chi connectivity index (χ0) is 19.3. The first kappa shape index (κ1) is 16.3. The van der Waals surface area contributed by atoms with Gasteiger partial charge in [-0.05, 0) is 18.2 Å². The van der Waals surface area contributed by atoms with E-state index in [2.05, 4.69) is 0 Å². The van der Waals surface area contributed by atoms with Crippen molar-refractivity contribution in [2.45, 2.75) is 36.9 Å². The highest BCUT2D eigenvalue weighted by molar-refractivity contribution is 6.02. The van der Waals surface area contributed by atoms with Crippen molar-refractivity contribution in [2.24, 2.45) is 11.8 Å². The fraction of sp³-hybridized carbons (Fsp3) is 0.429. The molecule has 2 fully saturated rings. The smallest absolute Gasteiger partial charge is 0.251 e. The summed E-state index contributed by atoms with van der Waals surface area (Å²) in [5.74, 6) is -2.63. The standard InChI is InChI=1S/C21H18O7/c1-25-16-9-13(24)10-3-2-4-14-18(10)21(16)27-15-6-5-11(22)17-12(23)7-8-20(26-14,28-21)19(15)17/h2-6,10,16,18,22H,7-9H2,1H3/t10?,16-,18?,20-,21-/m1/s1. The van der Waals surface area contributed by atoms with Crippen LogP contribution in [0.5, 0.6) is 11.5 Å². The topological polar surface area (TPSA) is 91.3 Å². The molecule has 28 heavy (non-hydrogen) atoms. The Morgan fingerprint density at radius 3 is 2.93 bits per heavy atom. The molecule has 1 saturated carbocycles. The predicted octanol–water partition coefficient (Wildman–Crippen LogP) is 2.33. The van der Waals surface area contributed by atoms with Crippen molar-refractivity contribution in [3.63, 3.8) is 0 Å². The third kappa shape index (κ3) is 1.72. The van der Waals surface area contributed by atoms with Crippen molar-refractivity contribution in [1.29, 1.82) is 0 Å². The van der Waals surface area contributed by atoms with E-state index in [1.165, 1.54) is 13.2 Å². The van der Waals surface area contributed by atoms with Gasteiger partial charge in [0.1, 0.15) is 29.1 Å². The van der Waals surface area contributed by atoms with E-state index in [1.54, 1.807) is 6.07 Å². The quantitative estimate of drug-likeness (QED) is 0.797. The lowest BCUT2D eigenvalue weighted by atomic mass is 9.67. The SMILES string of the molecule is CO[C@@H]1CC(=O)C2C=CC=C3O[C@@]45CCC(=O)c6c(O)ccc(c64)O[C@]1(O5)C32. The number of allylic oxidation sites excluding steroid dienone is 3. The fourth-order valence-corrected chi connectivity index (χ4v) is 5.38. The first-order valence-corrected chi connectivity index (χ1v) is 9.41. The molecule has 3 aliphatic carbocycles. The number of Topliss-reactive ketones (excluding diaryl/α,β-unsaturated/α-hetero) is 2. The lowest BCUT2D eigenvalue weighted by molar-refractivity contribution is -0.428. The lowest BCUT2D eigenvalue weighted by Gasteiger charge is -2.61. The van der Waals surface area contributed by atoms with Crippen LogP contribution >= 0.6 is 0 Å². The number of hydrogen-bond acceptors (Lipinski definition) is 7. The maximum Gasteiger partial charge on any atom is 0.251 e. The number of methoxy groups -OCH3 is 1. The molecule has 1 aromatic rings. The summed E-state index contributed by atoms with van der Waals surface area (Å²) in [5.41, 5.74) is 0.605. The normalized spacial score (nSPS) is 39.3. The minimum Gasteiger partial charge on any atom is -0.507 e. The molecule has 1 saturated heterocycles. The summed E-state index contributed by atoms with van der Waals surface area (Å²) in [4.78, 5) is 25.3. The van der Waals surface area contributed by atoms with Gasteiger partial charge < -0.3 is 19.3 Å². The first-order valence-electron chi connectivity index (χ1n) is 9.41. The van der Waals surface area contributed by atoms with Gasteiger partial charge >= 0.3 is 0 Å². The van der Waals surface area contributed by atoms with Crippen LogP contribution in [0.3, 0.4) is 0 Å². The van der Waals surface area contributed by atoms with Gasteiger partial charge in [0.2, 0.25) is 5.79 Å². The Labute approximate surface area is 160 Å². The first-order chi connectivity index (χ1) is 13.5. The zero-order valence-corrected chi connectivity index (χ0v) is 15.1. The molecule has 1 aromatic carbocycles. The lowest BCUT2D eigenvalue weighted by Crippen LogP contribution is -2.71. The van der Waals surface area contributed by atoms with E-state index < -0.39 is 29.5 Å². The van der Waals surface area contributed by atoms with Crippen LogP contribution in [0.1, 0.15) is 35.2 Å². The van der Waals surface area contributed by atoms with Gasteiger partial charge in [-0.25, -0.2) is 0 Å². The van der Waals surface area contributed by atoms with Gasteiger partial charge in [0.05, 0.1) is 23.0 Å². The van der Waals surface area contributed by atoms with Crippen molar-refractivity contribution in [1.82, 2.24) is 0 Å². The number of rotatable bonds is 1. The van der Waals surface area contributed by atoms with Crippen LogP contribution in [0.4, 0.5) is 0 Å². The summed E-state index contributed by atoms with van der Waals surface area (Å²) in [7, 11) is 1.53. The van der Waals surface area contributed by atoms with E-state index in [0.717, 1.165) is 0 Å². The Bertz CT molecular complexity index is 1010. The van der Waals surface area contributed by atoms with E-state index in [9.17, 15) is 14.7 Å². The molecule has 7 nitrogen and oxygen atoms in total. The molecule has 144 valence electrons. The molecular weight excluding hydrogens is 364 g/mol. The number of benzene rings is 1. The molecule has 0 amide bonds. The van der Waals surface area contributed by atoms with Crippen molar-refractivity contribution in [3.8, 4) is 11.5 Å². The van der Waals surface area contributed by atoms with Crippen LogP contribution in [0.15, 0.2) is 36.1 Å². The molecule has 7 heteroatoms. The number of hydrogen-bond donors (Lipinski definition) is 1. The molecular formula is C21H18O7. The average molecular weight is 382 g/mol. The molecule has 2 spiro atoms. The second-order valence-electron chi connectivity index (χ2n) is 7.89. The van der Waals surface area contributed by atoms with Gasteiger partial charge in [0, 0.05) is 26.4 Å². The maximum absolute atomic E-state index is 12.7. The number of aromatic hydroxyl groups is 1. The number of carbonyl (C=O) groups is 2. The zero-order valence-electron chi connectivity index (χ0n) is 15.1. The Balaban J connectivity index is 1.65. The second kappa shape index (κ2) is 5.04.